The highest BCUT2D eigenvalue weighted by Crippen LogP contribution is 2.09. The summed E-state index contributed by atoms with van der Waals surface area (Å²) >= 11 is 1.37. The van der Waals surface area contributed by atoms with Gasteiger partial charge in [0, 0.05) is 0 Å². The molecule has 1 amide bonds. The van der Waals surface area contributed by atoms with Gasteiger partial charge in [-0.2, -0.15) is 5.10 Å². The molecule has 0 unspecified atom stereocenters. The lowest BCUT2D eigenvalue weighted by atomic mass is 10.1. The van der Waals surface area contributed by atoms with Gasteiger partial charge < -0.3 is 5.32 Å². The molecule has 1 heterocycles. The summed E-state index contributed by atoms with van der Waals surface area (Å²) < 4.78 is 0. The van der Waals surface area contributed by atoms with Crippen molar-refractivity contribution in [1.82, 2.24) is 5.32 Å². The van der Waals surface area contributed by atoms with Gasteiger partial charge in [-0.3, -0.25) is 4.79 Å². The van der Waals surface area contributed by atoms with Crippen molar-refractivity contribution < 1.29 is 4.79 Å². The number of rotatable bonds is 3. The van der Waals surface area contributed by atoms with Crippen molar-refractivity contribution in [3.05, 3.63) is 35.4 Å². The van der Waals surface area contributed by atoms with Crippen LogP contribution in [0.1, 0.15) is 18.1 Å². The van der Waals surface area contributed by atoms with Gasteiger partial charge in [0.25, 0.3) is 0 Å². The topological polar surface area (TPSA) is 53.8 Å². The Bertz CT molecular complexity index is 482. The molecule has 5 heteroatoms. The summed E-state index contributed by atoms with van der Waals surface area (Å²) in [5, 5.41) is 11.2. The Morgan fingerprint density at radius 1 is 1.47 bits per heavy atom. The first-order valence-corrected chi connectivity index (χ1v) is 6.39. The van der Waals surface area contributed by atoms with Crippen molar-refractivity contribution in [2.24, 2.45) is 10.2 Å². The van der Waals surface area contributed by atoms with Crippen molar-refractivity contribution in [2.45, 2.75) is 13.3 Å². The Kier molecular flexibility index (Phi) is 3.93. The van der Waals surface area contributed by atoms with E-state index in [9.17, 15) is 4.79 Å². The zero-order valence-electron chi connectivity index (χ0n) is 9.51. The van der Waals surface area contributed by atoms with Crippen molar-refractivity contribution in [1.29, 1.82) is 0 Å². The van der Waals surface area contributed by atoms with E-state index < -0.39 is 0 Å². The fourth-order valence-corrected chi connectivity index (χ4v) is 2.14. The van der Waals surface area contributed by atoms with Crippen LogP contribution >= 0.6 is 11.8 Å². The summed E-state index contributed by atoms with van der Waals surface area (Å²) in [6.45, 7) is 2.10. The fraction of sp³-hybridized carbons (Fsp3) is 0.250. The van der Waals surface area contributed by atoms with Crippen LogP contribution in [0.5, 0.6) is 0 Å². The van der Waals surface area contributed by atoms with Gasteiger partial charge in [0.15, 0.2) is 5.17 Å². The Hall–Kier alpha value is -1.62. The maximum Gasteiger partial charge on any atom is 0.236 e. The number of carbonyl (C=O) groups excluding carboxylic acids is 1. The van der Waals surface area contributed by atoms with Crippen LogP contribution in [0.3, 0.4) is 0 Å². The van der Waals surface area contributed by atoms with Gasteiger partial charge in [-0.15, -0.1) is 5.10 Å². The van der Waals surface area contributed by atoms with E-state index in [0.29, 0.717) is 10.9 Å². The smallest absolute Gasteiger partial charge is 0.236 e. The first-order valence-electron chi connectivity index (χ1n) is 5.41. The van der Waals surface area contributed by atoms with Gasteiger partial charge in [0.1, 0.15) is 0 Å². The molecule has 4 nitrogen and oxygen atoms in total. The van der Waals surface area contributed by atoms with Crippen LogP contribution in [0.15, 0.2) is 34.5 Å². The molecule has 1 aromatic carbocycles. The predicted molar refractivity (Wildman–Crippen MR) is 71.4 cm³/mol. The normalized spacial score (nSPS) is 17.9. The molecule has 1 aliphatic rings. The van der Waals surface area contributed by atoms with Crippen molar-refractivity contribution >= 4 is 29.1 Å². The fourth-order valence-electron chi connectivity index (χ4n) is 1.50. The number of hydrogen-bond donors (Lipinski definition) is 1. The number of amides is 1. The summed E-state index contributed by atoms with van der Waals surface area (Å²) in [5.74, 6) is 0.415. The van der Waals surface area contributed by atoms with Crippen LogP contribution < -0.4 is 5.32 Å². The second-order valence-corrected chi connectivity index (χ2v) is 4.50. The molecule has 1 aliphatic heterocycles. The Morgan fingerprint density at radius 3 is 3.00 bits per heavy atom. The van der Waals surface area contributed by atoms with Gasteiger partial charge >= 0.3 is 0 Å². The van der Waals surface area contributed by atoms with E-state index >= 15 is 0 Å². The van der Waals surface area contributed by atoms with Gasteiger partial charge in [-0.25, -0.2) is 0 Å². The van der Waals surface area contributed by atoms with E-state index in [0.717, 1.165) is 12.0 Å². The minimum Gasteiger partial charge on any atom is -0.303 e. The summed E-state index contributed by atoms with van der Waals surface area (Å²) in [6, 6.07) is 8.05. The van der Waals surface area contributed by atoms with Crippen molar-refractivity contribution in [3.63, 3.8) is 0 Å². The average molecular weight is 247 g/mol. The lowest BCUT2D eigenvalue weighted by Gasteiger charge is -2.00. The molecule has 0 saturated carbocycles. The molecule has 1 aromatic rings. The third-order valence-corrected chi connectivity index (χ3v) is 3.23. The number of aryl methyl sites for hydroxylation is 1. The molecule has 0 atom stereocenters. The van der Waals surface area contributed by atoms with E-state index in [1.165, 1.54) is 17.3 Å². The van der Waals surface area contributed by atoms with Crippen LogP contribution in [0.25, 0.3) is 0 Å². The van der Waals surface area contributed by atoms with E-state index in [2.05, 4.69) is 28.5 Å². The Balaban J connectivity index is 2.07. The quantitative estimate of drug-likeness (QED) is 0.654. The summed E-state index contributed by atoms with van der Waals surface area (Å²) in [7, 11) is 0. The van der Waals surface area contributed by atoms with Crippen molar-refractivity contribution in [2.75, 3.05) is 5.75 Å². The minimum atomic E-state index is -0.0158. The molecule has 0 bridgehead atoms. The summed E-state index contributed by atoms with van der Waals surface area (Å²) in [6.07, 6.45) is 2.68. The van der Waals surface area contributed by atoms with E-state index in [4.69, 9.17) is 0 Å². The van der Waals surface area contributed by atoms with Gasteiger partial charge in [-0.05, 0) is 17.5 Å². The number of nitrogens with zero attached hydrogens (tertiary/aromatic N) is 2. The number of nitrogens with one attached hydrogen (secondary N) is 1. The standard InChI is InChI=1S/C12H13N3OS/c1-2-9-5-3-4-6-10(9)7-13-15-12-14-11(16)8-17-12/h3-7H,2,8H2,1H3,(H,14,15,16). The van der Waals surface area contributed by atoms with Gasteiger partial charge in [-0.1, -0.05) is 43.0 Å². The molecule has 2 rings (SSSR count). The Labute approximate surface area is 104 Å². The monoisotopic (exact) mass is 247 g/mol. The molecule has 1 N–H and O–H groups in total. The van der Waals surface area contributed by atoms with E-state index in [1.54, 1.807) is 6.21 Å². The van der Waals surface area contributed by atoms with Crippen LogP contribution in [0.4, 0.5) is 0 Å². The van der Waals surface area contributed by atoms with Crippen LogP contribution in [0.2, 0.25) is 0 Å². The average Bonchev–Trinajstić information content (AvgIpc) is 2.76. The number of carbonyl (C=O) groups is 1. The zero-order chi connectivity index (χ0) is 12.1. The third kappa shape index (κ3) is 3.17. The molecule has 0 aromatic heterocycles. The number of benzene rings is 1. The Morgan fingerprint density at radius 2 is 2.29 bits per heavy atom. The van der Waals surface area contributed by atoms with Crippen LogP contribution in [0, 0.1) is 0 Å². The molecule has 1 fully saturated rings. The zero-order valence-corrected chi connectivity index (χ0v) is 10.3. The second-order valence-electron chi connectivity index (χ2n) is 3.54. The van der Waals surface area contributed by atoms with E-state index in [1.807, 2.05) is 18.2 Å². The number of thioether (sulfide) groups is 1. The van der Waals surface area contributed by atoms with E-state index in [-0.39, 0.29) is 5.91 Å². The van der Waals surface area contributed by atoms with Crippen molar-refractivity contribution in [3.8, 4) is 0 Å². The van der Waals surface area contributed by atoms with Crippen LogP contribution in [-0.2, 0) is 11.2 Å². The second kappa shape index (κ2) is 5.63. The highest BCUT2D eigenvalue weighted by Gasteiger charge is 2.15. The maximum atomic E-state index is 10.9. The van der Waals surface area contributed by atoms with Gasteiger partial charge in [0.05, 0.1) is 12.0 Å². The largest absolute Gasteiger partial charge is 0.303 e. The molecular formula is C12H13N3OS. The highest BCUT2D eigenvalue weighted by molar-refractivity contribution is 8.15. The van der Waals surface area contributed by atoms with Gasteiger partial charge in [0.2, 0.25) is 5.91 Å². The lowest BCUT2D eigenvalue weighted by molar-refractivity contribution is -0.116. The summed E-state index contributed by atoms with van der Waals surface area (Å²) in [4.78, 5) is 10.9. The predicted octanol–water partition coefficient (Wildman–Crippen LogP) is 1.80. The molecule has 0 radical (unpaired) electrons. The molecule has 17 heavy (non-hydrogen) atoms. The minimum absolute atomic E-state index is 0.0158. The first kappa shape index (κ1) is 11.9. The molecule has 88 valence electrons. The maximum absolute atomic E-state index is 10.9. The molecule has 1 saturated heterocycles. The first-order chi connectivity index (χ1) is 8.29. The van der Waals surface area contributed by atoms with Crippen LogP contribution in [-0.4, -0.2) is 23.0 Å². The molecular weight excluding hydrogens is 234 g/mol. The number of hydrogen-bond acceptors (Lipinski definition) is 4. The molecule has 0 spiro atoms. The summed E-state index contributed by atoms with van der Waals surface area (Å²) in [5.41, 5.74) is 2.30. The highest BCUT2D eigenvalue weighted by atomic mass is 32.2. The number of amidine groups is 1. The lowest BCUT2D eigenvalue weighted by Crippen LogP contribution is -2.19. The SMILES string of the molecule is CCc1ccccc1C=NN=C1NC(=O)CS1. The third-order valence-electron chi connectivity index (χ3n) is 2.37. The molecule has 0 aliphatic carbocycles.